The topological polar surface area (TPSA) is 32.5 Å². The number of likely N-dealkylation sites (N-methyl/N-ethyl adjacent to an activating group) is 2. The van der Waals surface area contributed by atoms with Crippen LogP contribution in [0.4, 0.5) is 0 Å². The average molecular weight is 291 g/mol. The molecule has 0 radical (unpaired) electrons. The fourth-order valence-electron chi connectivity index (χ4n) is 3.09. The van der Waals surface area contributed by atoms with Gasteiger partial charge < -0.3 is 10.6 Å². The first-order chi connectivity index (χ1) is 9.90. The van der Waals surface area contributed by atoms with Crippen molar-refractivity contribution in [3.8, 4) is 0 Å². The van der Waals surface area contributed by atoms with Crippen LogP contribution in [0.3, 0.4) is 0 Å². The fraction of sp³-hybridized carbons (Fsp3) is 0.667. The van der Waals surface area contributed by atoms with Crippen LogP contribution < -0.4 is 5.73 Å². The molecule has 0 heterocycles. The predicted molar refractivity (Wildman–Crippen MR) is 92.6 cm³/mol. The monoisotopic (exact) mass is 291 g/mol. The molecule has 0 aliphatic rings. The van der Waals surface area contributed by atoms with Crippen molar-refractivity contribution in [1.29, 1.82) is 0 Å². The standard InChI is InChI=1S/C18H33N3/c1-7-16-9-11-17(12-10-16)18(19)15(4)21(8-2)14(3)13-20(5)6/h9-12,14-15,18H,7-8,13,19H2,1-6H3. The van der Waals surface area contributed by atoms with E-state index in [2.05, 4.69) is 75.9 Å². The lowest BCUT2D eigenvalue weighted by Crippen LogP contribution is -2.48. The molecule has 3 unspecified atom stereocenters. The second-order valence-electron chi connectivity index (χ2n) is 6.30. The van der Waals surface area contributed by atoms with E-state index in [0.29, 0.717) is 12.1 Å². The summed E-state index contributed by atoms with van der Waals surface area (Å²) in [7, 11) is 4.25. The molecule has 0 aromatic heterocycles. The summed E-state index contributed by atoms with van der Waals surface area (Å²) in [6.45, 7) is 11.0. The third-order valence-electron chi connectivity index (χ3n) is 4.38. The summed E-state index contributed by atoms with van der Waals surface area (Å²) in [5, 5.41) is 0. The Kier molecular flexibility index (Phi) is 7.36. The van der Waals surface area contributed by atoms with Gasteiger partial charge >= 0.3 is 0 Å². The van der Waals surface area contributed by atoms with Gasteiger partial charge in [-0.25, -0.2) is 0 Å². The van der Waals surface area contributed by atoms with Crippen LogP contribution in [-0.4, -0.2) is 49.1 Å². The van der Waals surface area contributed by atoms with Crippen molar-refractivity contribution in [2.24, 2.45) is 5.73 Å². The number of aryl methyl sites for hydroxylation is 1. The van der Waals surface area contributed by atoms with Crippen molar-refractivity contribution in [3.63, 3.8) is 0 Å². The summed E-state index contributed by atoms with van der Waals surface area (Å²) >= 11 is 0. The van der Waals surface area contributed by atoms with Crippen LogP contribution in [0.1, 0.15) is 44.9 Å². The molecule has 0 spiro atoms. The van der Waals surface area contributed by atoms with Crippen LogP contribution >= 0.6 is 0 Å². The molecule has 3 heteroatoms. The number of hydrogen-bond acceptors (Lipinski definition) is 3. The number of nitrogens with two attached hydrogens (primary N) is 1. The maximum atomic E-state index is 6.52. The second kappa shape index (κ2) is 8.52. The Balaban J connectivity index is 2.79. The maximum absolute atomic E-state index is 6.52. The van der Waals surface area contributed by atoms with Crippen molar-refractivity contribution in [3.05, 3.63) is 35.4 Å². The fourth-order valence-corrected chi connectivity index (χ4v) is 3.09. The SMILES string of the molecule is CCc1ccc(C(N)C(C)N(CC)C(C)CN(C)C)cc1. The molecule has 0 bridgehead atoms. The van der Waals surface area contributed by atoms with Crippen LogP contribution in [0, 0.1) is 0 Å². The zero-order valence-electron chi connectivity index (χ0n) is 14.6. The van der Waals surface area contributed by atoms with Gasteiger partial charge in [-0.05, 0) is 52.0 Å². The molecule has 0 fully saturated rings. The third kappa shape index (κ3) is 5.10. The Hall–Kier alpha value is -0.900. The van der Waals surface area contributed by atoms with Crippen LogP contribution in [0.5, 0.6) is 0 Å². The summed E-state index contributed by atoms with van der Waals surface area (Å²) < 4.78 is 0. The van der Waals surface area contributed by atoms with Crippen LogP contribution in [0.2, 0.25) is 0 Å². The highest BCUT2D eigenvalue weighted by Gasteiger charge is 2.24. The van der Waals surface area contributed by atoms with E-state index in [9.17, 15) is 0 Å². The first kappa shape index (κ1) is 18.1. The van der Waals surface area contributed by atoms with E-state index in [1.807, 2.05) is 0 Å². The molecule has 2 N–H and O–H groups in total. The molecule has 0 aliphatic heterocycles. The summed E-state index contributed by atoms with van der Waals surface area (Å²) in [5.41, 5.74) is 9.12. The Morgan fingerprint density at radius 2 is 1.62 bits per heavy atom. The van der Waals surface area contributed by atoms with E-state index in [-0.39, 0.29) is 6.04 Å². The van der Waals surface area contributed by atoms with Crippen LogP contribution in [-0.2, 0) is 6.42 Å². The van der Waals surface area contributed by atoms with Gasteiger partial charge in [-0.2, -0.15) is 0 Å². The van der Waals surface area contributed by atoms with E-state index in [4.69, 9.17) is 5.73 Å². The van der Waals surface area contributed by atoms with Gasteiger partial charge in [0.1, 0.15) is 0 Å². The largest absolute Gasteiger partial charge is 0.323 e. The molecule has 0 saturated carbocycles. The van der Waals surface area contributed by atoms with Crippen molar-refractivity contribution < 1.29 is 0 Å². The van der Waals surface area contributed by atoms with E-state index in [1.54, 1.807) is 0 Å². The normalized spacial score (nSPS) is 16.2. The lowest BCUT2D eigenvalue weighted by molar-refractivity contribution is 0.120. The van der Waals surface area contributed by atoms with Gasteiger partial charge in [0.2, 0.25) is 0 Å². The minimum absolute atomic E-state index is 0.0560. The lowest BCUT2D eigenvalue weighted by Gasteiger charge is -2.38. The highest BCUT2D eigenvalue weighted by atomic mass is 15.2. The van der Waals surface area contributed by atoms with Gasteiger partial charge in [0, 0.05) is 24.7 Å². The van der Waals surface area contributed by atoms with Gasteiger partial charge in [0.05, 0.1) is 0 Å². The summed E-state index contributed by atoms with van der Waals surface area (Å²) in [5.74, 6) is 0. The highest BCUT2D eigenvalue weighted by molar-refractivity contribution is 5.25. The first-order valence-electron chi connectivity index (χ1n) is 8.15. The van der Waals surface area contributed by atoms with Gasteiger partial charge in [-0.1, -0.05) is 38.1 Å². The van der Waals surface area contributed by atoms with Gasteiger partial charge in [-0.15, -0.1) is 0 Å². The Bertz CT molecular complexity index is 399. The zero-order valence-corrected chi connectivity index (χ0v) is 14.6. The number of rotatable bonds is 8. The quantitative estimate of drug-likeness (QED) is 0.799. The predicted octanol–water partition coefficient (Wildman–Crippen LogP) is 2.91. The van der Waals surface area contributed by atoms with Gasteiger partial charge in [-0.3, -0.25) is 4.90 Å². The van der Waals surface area contributed by atoms with E-state index in [0.717, 1.165) is 19.5 Å². The number of hydrogen-bond donors (Lipinski definition) is 1. The molecule has 21 heavy (non-hydrogen) atoms. The molecular weight excluding hydrogens is 258 g/mol. The molecule has 1 rings (SSSR count). The minimum atomic E-state index is 0.0560. The van der Waals surface area contributed by atoms with E-state index < -0.39 is 0 Å². The zero-order chi connectivity index (χ0) is 16.0. The Morgan fingerprint density at radius 3 is 2.05 bits per heavy atom. The molecule has 0 amide bonds. The molecule has 1 aromatic carbocycles. The molecule has 3 atom stereocenters. The van der Waals surface area contributed by atoms with Crippen LogP contribution in [0.25, 0.3) is 0 Å². The van der Waals surface area contributed by atoms with E-state index >= 15 is 0 Å². The number of nitrogens with zero attached hydrogens (tertiary/aromatic N) is 2. The maximum Gasteiger partial charge on any atom is 0.0450 e. The Labute approximate surface area is 131 Å². The molecule has 0 saturated heterocycles. The van der Waals surface area contributed by atoms with Crippen molar-refractivity contribution in [2.75, 3.05) is 27.2 Å². The molecule has 0 aliphatic carbocycles. The summed E-state index contributed by atoms with van der Waals surface area (Å²) in [6.07, 6.45) is 1.08. The highest BCUT2D eigenvalue weighted by Crippen LogP contribution is 2.21. The van der Waals surface area contributed by atoms with E-state index in [1.165, 1.54) is 11.1 Å². The summed E-state index contributed by atoms with van der Waals surface area (Å²) in [4.78, 5) is 4.74. The average Bonchev–Trinajstić information content (AvgIpc) is 2.46. The van der Waals surface area contributed by atoms with Crippen molar-refractivity contribution >= 4 is 0 Å². The Morgan fingerprint density at radius 1 is 1.05 bits per heavy atom. The van der Waals surface area contributed by atoms with Crippen molar-refractivity contribution in [2.45, 2.75) is 52.2 Å². The third-order valence-corrected chi connectivity index (χ3v) is 4.38. The lowest BCUT2D eigenvalue weighted by atomic mass is 9.97. The first-order valence-corrected chi connectivity index (χ1v) is 8.15. The smallest absolute Gasteiger partial charge is 0.0450 e. The molecule has 3 nitrogen and oxygen atoms in total. The second-order valence-corrected chi connectivity index (χ2v) is 6.30. The number of benzene rings is 1. The minimum Gasteiger partial charge on any atom is -0.323 e. The van der Waals surface area contributed by atoms with Crippen LogP contribution in [0.15, 0.2) is 24.3 Å². The van der Waals surface area contributed by atoms with Crippen molar-refractivity contribution in [1.82, 2.24) is 9.80 Å². The molecule has 1 aromatic rings. The van der Waals surface area contributed by atoms with Gasteiger partial charge in [0.15, 0.2) is 0 Å². The molecule has 120 valence electrons. The molecular formula is C18H33N3. The summed E-state index contributed by atoms with van der Waals surface area (Å²) in [6, 6.07) is 9.65. The van der Waals surface area contributed by atoms with Gasteiger partial charge in [0.25, 0.3) is 0 Å².